The van der Waals surface area contributed by atoms with Crippen molar-refractivity contribution in [2.45, 2.75) is 6.92 Å². The maximum atomic E-state index is 12.8. The molecule has 0 aliphatic rings. The predicted molar refractivity (Wildman–Crippen MR) is 106 cm³/mol. The van der Waals surface area contributed by atoms with Gasteiger partial charge in [0.1, 0.15) is 5.75 Å². The third-order valence-electron chi connectivity index (χ3n) is 4.31. The molecular weight excluding hydrogens is 344 g/mol. The van der Waals surface area contributed by atoms with E-state index in [0.29, 0.717) is 17.0 Å². The molecule has 1 aromatic heterocycles. The number of fused-ring (bicyclic) bond motifs is 2. The Morgan fingerprint density at radius 2 is 1.92 bits per heavy atom. The number of ether oxygens (including phenoxy) is 1. The van der Waals surface area contributed by atoms with E-state index < -0.39 is 0 Å². The van der Waals surface area contributed by atoms with Gasteiger partial charge in [-0.05, 0) is 42.0 Å². The molecule has 5 heteroatoms. The van der Waals surface area contributed by atoms with Crippen LogP contribution in [0.3, 0.4) is 0 Å². The van der Waals surface area contributed by atoms with Crippen LogP contribution in [-0.2, 0) is 7.05 Å². The first-order valence-corrected chi connectivity index (χ1v) is 9.28. The third-order valence-corrected chi connectivity index (χ3v) is 5.40. The van der Waals surface area contributed by atoms with Crippen LogP contribution in [0, 0.1) is 0 Å². The van der Waals surface area contributed by atoms with Crippen molar-refractivity contribution in [1.82, 2.24) is 4.57 Å². The quantitative estimate of drug-likeness (QED) is 0.537. The molecule has 1 heterocycles. The molecule has 26 heavy (non-hydrogen) atoms. The van der Waals surface area contributed by atoms with Gasteiger partial charge in [0.05, 0.1) is 16.8 Å². The van der Waals surface area contributed by atoms with Crippen LogP contribution in [0.4, 0.5) is 0 Å². The van der Waals surface area contributed by atoms with Crippen LogP contribution < -0.4 is 9.54 Å². The summed E-state index contributed by atoms with van der Waals surface area (Å²) in [6.45, 7) is 2.59. The van der Waals surface area contributed by atoms with Gasteiger partial charge in [-0.25, -0.2) is 0 Å². The van der Waals surface area contributed by atoms with Crippen LogP contribution in [0.1, 0.15) is 17.3 Å². The summed E-state index contributed by atoms with van der Waals surface area (Å²) >= 11 is 1.49. The Morgan fingerprint density at radius 1 is 1.12 bits per heavy atom. The molecule has 130 valence electrons. The zero-order chi connectivity index (χ0) is 18.1. The van der Waals surface area contributed by atoms with E-state index in [0.717, 1.165) is 26.7 Å². The van der Waals surface area contributed by atoms with Gasteiger partial charge in [-0.3, -0.25) is 4.79 Å². The van der Waals surface area contributed by atoms with Crippen molar-refractivity contribution in [2.75, 3.05) is 6.61 Å². The van der Waals surface area contributed by atoms with Crippen LogP contribution in [0.5, 0.6) is 5.75 Å². The Morgan fingerprint density at radius 3 is 2.77 bits per heavy atom. The molecule has 0 aliphatic carbocycles. The van der Waals surface area contributed by atoms with Crippen molar-refractivity contribution in [2.24, 2.45) is 12.0 Å². The van der Waals surface area contributed by atoms with Crippen molar-refractivity contribution >= 4 is 38.2 Å². The number of hydrogen-bond acceptors (Lipinski definition) is 3. The molecule has 4 aromatic rings. The van der Waals surface area contributed by atoms with Gasteiger partial charge in [-0.1, -0.05) is 47.7 Å². The molecule has 3 aromatic carbocycles. The Bertz CT molecular complexity index is 1180. The summed E-state index contributed by atoms with van der Waals surface area (Å²) < 4.78 is 8.55. The van der Waals surface area contributed by atoms with Crippen LogP contribution in [0.25, 0.3) is 21.0 Å². The lowest BCUT2D eigenvalue weighted by Crippen LogP contribution is -2.13. The van der Waals surface area contributed by atoms with E-state index >= 15 is 0 Å². The van der Waals surface area contributed by atoms with Crippen molar-refractivity contribution < 1.29 is 9.53 Å². The first kappa shape index (κ1) is 16.5. The molecule has 0 N–H and O–H groups in total. The van der Waals surface area contributed by atoms with Crippen molar-refractivity contribution in [3.63, 3.8) is 0 Å². The predicted octanol–water partition coefficient (Wildman–Crippen LogP) is 4.53. The normalized spacial score (nSPS) is 12.0. The summed E-state index contributed by atoms with van der Waals surface area (Å²) in [5, 5.41) is 1.96. The van der Waals surface area contributed by atoms with Gasteiger partial charge in [0, 0.05) is 12.6 Å². The Labute approximate surface area is 155 Å². The molecule has 0 atom stereocenters. The number of rotatable bonds is 3. The first-order chi connectivity index (χ1) is 12.7. The fraction of sp³-hybridized carbons (Fsp3) is 0.143. The molecule has 0 unspecified atom stereocenters. The number of carbonyl (C=O) groups excluding carboxylic acids is 1. The Kier molecular flexibility index (Phi) is 4.31. The standard InChI is InChI=1S/C21H18N2O2S/c1-3-25-15-11-12-18-19(13-15)26-21(23(18)2)22-20(24)17-10-6-8-14-7-4-5-9-16(14)17/h4-13H,3H2,1-2H3. The second kappa shape index (κ2) is 6.77. The number of nitrogens with zero attached hydrogens (tertiary/aromatic N) is 2. The summed E-state index contributed by atoms with van der Waals surface area (Å²) in [6, 6.07) is 19.5. The van der Waals surface area contributed by atoms with Crippen LogP contribution >= 0.6 is 11.3 Å². The van der Waals surface area contributed by atoms with E-state index in [1.54, 1.807) is 0 Å². The van der Waals surface area contributed by atoms with Gasteiger partial charge in [-0.2, -0.15) is 4.99 Å². The zero-order valence-corrected chi connectivity index (χ0v) is 15.4. The smallest absolute Gasteiger partial charge is 0.280 e. The average molecular weight is 362 g/mol. The van der Waals surface area contributed by atoms with E-state index in [2.05, 4.69) is 4.99 Å². The number of aryl methyl sites for hydroxylation is 1. The summed E-state index contributed by atoms with van der Waals surface area (Å²) in [7, 11) is 1.92. The Hall–Kier alpha value is -2.92. The molecule has 0 saturated carbocycles. The van der Waals surface area contributed by atoms with E-state index in [4.69, 9.17) is 4.74 Å². The minimum absolute atomic E-state index is 0.228. The maximum absolute atomic E-state index is 12.8. The van der Waals surface area contributed by atoms with E-state index in [-0.39, 0.29) is 5.91 Å². The highest BCUT2D eigenvalue weighted by Gasteiger charge is 2.10. The molecule has 4 nitrogen and oxygen atoms in total. The summed E-state index contributed by atoms with van der Waals surface area (Å²) in [4.78, 5) is 17.9. The summed E-state index contributed by atoms with van der Waals surface area (Å²) in [6.07, 6.45) is 0. The molecule has 0 bridgehead atoms. The van der Waals surface area contributed by atoms with Crippen LogP contribution in [0.2, 0.25) is 0 Å². The van der Waals surface area contributed by atoms with Crippen LogP contribution in [0.15, 0.2) is 65.7 Å². The van der Waals surface area contributed by atoms with Gasteiger partial charge in [-0.15, -0.1) is 0 Å². The molecule has 1 amide bonds. The third kappa shape index (κ3) is 2.91. The van der Waals surface area contributed by atoms with E-state index in [1.807, 2.05) is 79.2 Å². The van der Waals surface area contributed by atoms with E-state index in [1.165, 1.54) is 11.3 Å². The van der Waals surface area contributed by atoms with Gasteiger partial charge < -0.3 is 9.30 Å². The van der Waals surface area contributed by atoms with Gasteiger partial charge >= 0.3 is 0 Å². The second-order valence-corrected chi connectivity index (χ2v) is 6.96. The average Bonchev–Trinajstić information content (AvgIpc) is 2.96. The Balaban J connectivity index is 1.82. The zero-order valence-electron chi connectivity index (χ0n) is 14.6. The highest BCUT2D eigenvalue weighted by molar-refractivity contribution is 7.16. The van der Waals surface area contributed by atoms with Crippen molar-refractivity contribution in [3.8, 4) is 5.75 Å². The fourth-order valence-electron chi connectivity index (χ4n) is 3.04. The van der Waals surface area contributed by atoms with Crippen molar-refractivity contribution in [3.05, 3.63) is 71.0 Å². The summed E-state index contributed by atoms with van der Waals surface area (Å²) in [5.74, 6) is 0.600. The molecule has 4 rings (SSSR count). The van der Waals surface area contributed by atoms with Crippen molar-refractivity contribution in [1.29, 1.82) is 0 Å². The molecule has 0 radical (unpaired) electrons. The van der Waals surface area contributed by atoms with E-state index in [9.17, 15) is 4.79 Å². The minimum Gasteiger partial charge on any atom is -0.494 e. The SMILES string of the molecule is CCOc1ccc2c(c1)sc(=NC(=O)c1cccc3ccccc13)n2C. The molecule has 0 spiro atoms. The highest BCUT2D eigenvalue weighted by atomic mass is 32.1. The number of hydrogen-bond donors (Lipinski definition) is 0. The number of thiazole rings is 1. The number of benzene rings is 3. The highest BCUT2D eigenvalue weighted by Crippen LogP contribution is 2.23. The number of amides is 1. The lowest BCUT2D eigenvalue weighted by atomic mass is 10.0. The monoisotopic (exact) mass is 362 g/mol. The topological polar surface area (TPSA) is 43.6 Å². The number of aromatic nitrogens is 1. The van der Waals surface area contributed by atoms with Gasteiger partial charge in [0.2, 0.25) is 0 Å². The minimum atomic E-state index is -0.228. The van der Waals surface area contributed by atoms with Gasteiger partial charge in [0.15, 0.2) is 4.80 Å². The number of carbonyl (C=O) groups is 1. The fourth-order valence-corrected chi connectivity index (χ4v) is 4.08. The molecular formula is C21H18N2O2S. The largest absolute Gasteiger partial charge is 0.494 e. The lowest BCUT2D eigenvalue weighted by Gasteiger charge is -2.02. The molecule has 0 aliphatic heterocycles. The second-order valence-electron chi connectivity index (χ2n) is 5.95. The van der Waals surface area contributed by atoms with Crippen LogP contribution in [-0.4, -0.2) is 17.1 Å². The summed E-state index contributed by atoms with van der Waals surface area (Å²) in [5.41, 5.74) is 1.65. The lowest BCUT2D eigenvalue weighted by molar-refractivity contribution is 0.0999. The molecule has 0 fully saturated rings. The van der Waals surface area contributed by atoms with Gasteiger partial charge in [0.25, 0.3) is 5.91 Å². The molecule has 0 saturated heterocycles. The first-order valence-electron chi connectivity index (χ1n) is 8.46. The maximum Gasteiger partial charge on any atom is 0.280 e.